The first-order chi connectivity index (χ1) is 14.4. The number of rotatable bonds is 12. The summed E-state index contributed by atoms with van der Waals surface area (Å²) >= 11 is 0. The van der Waals surface area contributed by atoms with E-state index in [2.05, 4.69) is 5.32 Å². The van der Waals surface area contributed by atoms with Crippen molar-refractivity contribution in [3.63, 3.8) is 0 Å². The summed E-state index contributed by atoms with van der Waals surface area (Å²) < 4.78 is 15.5. The minimum atomic E-state index is -0.938. The lowest BCUT2D eigenvalue weighted by Crippen LogP contribution is -2.48. The number of aliphatic carboxylic acids is 1. The fourth-order valence-electron chi connectivity index (χ4n) is 4.77. The number of esters is 1. The molecule has 30 heavy (non-hydrogen) atoms. The lowest BCUT2D eigenvalue weighted by molar-refractivity contribution is -0.151. The first-order valence-electron chi connectivity index (χ1n) is 11.2. The van der Waals surface area contributed by atoms with Gasteiger partial charge in [0.05, 0.1) is 43.7 Å². The highest BCUT2D eigenvalue weighted by molar-refractivity contribution is 5.84. The average Bonchev–Trinajstić information content (AvgIpc) is 3.20. The molecule has 0 spiro atoms. The van der Waals surface area contributed by atoms with Gasteiger partial charge in [0.1, 0.15) is 0 Å². The van der Waals surface area contributed by atoms with Crippen LogP contribution in [-0.2, 0) is 28.6 Å². The Morgan fingerprint density at radius 3 is 2.50 bits per heavy atom. The molecule has 2 fully saturated rings. The molecule has 2 rings (SSSR count). The molecule has 0 aromatic carbocycles. The van der Waals surface area contributed by atoms with Crippen molar-refractivity contribution in [2.24, 2.45) is 17.3 Å². The molecule has 2 aliphatic rings. The summed E-state index contributed by atoms with van der Waals surface area (Å²) in [5.41, 5.74) is -0.676. The van der Waals surface area contributed by atoms with Gasteiger partial charge >= 0.3 is 11.9 Å². The Balaban J connectivity index is 1.98. The van der Waals surface area contributed by atoms with E-state index >= 15 is 0 Å². The molecule has 2 N–H and O–H groups in total. The van der Waals surface area contributed by atoms with Crippen LogP contribution in [0.15, 0.2) is 0 Å². The summed E-state index contributed by atoms with van der Waals surface area (Å²) in [5.74, 6) is -2.11. The molecule has 8 nitrogen and oxygen atoms in total. The smallest absolute Gasteiger partial charge is 0.308 e. The summed E-state index contributed by atoms with van der Waals surface area (Å²) in [7, 11) is 1.56. The minimum Gasteiger partial charge on any atom is -0.481 e. The van der Waals surface area contributed by atoms with Crippen molar-refractivity contribution in [3.05, 3.63) is 0 Å². The summed E-state index contributed by atoms with van der Waals surface area (Å²) in [6, 6.07) is -0.0700. The molecule has 3 atom stereocenters. The normalized spacial score (nSPS) is 24.2. The number of carboxylic acid groups (broad SMARTS) is 1. The topological polar surface area (TPSA) is 111 Å². The Morgan fingerprint density at radius 1 is 1.13 bits per heavy atom. The molecule has 0 aromatic heterocycles. The Bertz CT molecular complexity index is 574. The quantitative estimate of drug-likeness (QED) is 0.364. The van der Waals surface area contributed by atoms with E-state index in [0.29, 0.717) is 39.1 Å². The third kappa shape index (κ3) is 6.94. The molecule has 0 heterocycles. The van der Waals surface area contributed by atoms with Gasteiger partial charge in [0.15, 0.2) is 0 Å². The van der Waals surface area contributed by atoms with Crippen molar-refractivity contribution in [3.8, 4) is 0 Å². The van der Waals surface area contributed by atoms with Crippen molar-refractivity contribution < 1.29 is 33.7 Å². The molecule has 0 bridgehead atoms. The van der Waals surface area contributed by atoms with Crippen molar-refractivity contribution in [1.29, 1.82) is 0 Å². The summed E-state index contributed by atoms with van der Waals surface area (Å²) in [6.45, 7) is 2.96. The summed E-state index contributed by atoms with van der Waals surface area (Å²) in [5, 5.41) is 12.8. The first-order valence-corrected chi connectivity index (χ1v) is 11.2. The van der Waals surface area contributed by atoms with Crippen molar-refractivity contribution >= 4 is 17.8 Å². The fraction of sp³-hybridized carbons (Fsp3) is 0.864. The maximum Gasteiger partial charge on any atom is 0.308 e. The SMILES string of the molecule is CCOC(=O)[C@@H]1CCC[C@H](NC(=O)C2(CC(COCCOC)C(=O)O)CCCC2)C1. The van der Waals surface area contributed by atoms with Gasteiger partial charge in [-0.05, 0) is 45.4 Å². The van der Waals surface area contributed by atoms with Crippen LogP contribution in [0.4, 0.5) is 0 Å². The number of carbonyl (C=O) groups is 3. The number of hydrogen-bond donors (Lipinski definition) is 2. The number of carboxylic acids is 1. The lowest BCUT2D eigenvalue weighted by Gasteiger charge is -2.34. The maximum atomic E-state index is 13.3. The van der Waals surface area contributed by atoms with E-state index < -0.39 is 17.3 Å². The zero-order valence-electron chi connectivity index (χ0n) is 18.3. The molecule has 0 saturated heterocycles. The van der Waals surface area contributed by atoms with Crippen LogP contribution in [0, 0.1) is 17.3 Å². The van der Waals surface area contributed by atoms with E-state index in [9.17, 15) is 19.5 Å². The molecule has 8 heteroatoms. The minimum absolute atomic E-state index is 0.0700. The maximum absolute atomic E-state index is 13.3. The van der Waals surface area contributed by atoms with Gasteiger partial charge in [-0.1, -0.05) is 19.3 Å². The zero-order valence-corrected chi connectivity index (χ0v) is 18.3. The van der Waals surface area contributed by atoms with Crippen LogP contribution in [0.2, 0.25) is 0 Å². The summed E-state index contributed by atoms with van der Waals surface area (Å²) in [6.07, 6.45) is 6.56. The molecular formula is C22H37NO7. The van der Waals surface area contributed by atoms with Gasteiger partial charge in [-0.3, -0.25) is 14.4 Å². The van der Waals surface area contributed by atoms with E-state index in [1.54, 1.807) is 14.0 Å². The Hall–Kier alpha value is -1.67. The standard InChI is InChI=1S/C22H37NO7/c1-3-30-20(26)16-7-6-8-18(13-16)23-21(27)22(9-4-5-10-22)14-17(19(24)25)15-29-12-11-28-2/h16-18H,3-15H2,1-2H3,(H,23,27)(H,24,25)/t16-,17?,18+/m1/s1. The third-order valence-electron chi connectivity index (χ3n) is 6.41. The predicted octanol–water partition coefficient (Wildman–Crippen LogP) is 2.54. The Morgan fingerprint density at radius 2 is 1.87 bits per heavy atom. The van der Waals surface area contributed by atoms with E-state index in [4.69, 9.17) is 14.2 Å². The fourth-order valence-corrected chi connectivity index (χ4v) is 4.77. The van der Waals surface area contributed by atoms with Gasteiger partial charge in [-0.25, -0.2) is 0 Å². The number of amides is 1. The molecule has 1 unspecified atom stereocenters. The van der Waals surface area contributed by atoms with Crippen LogP contribution in [-0.4, -0.2) is 62.5 Å². The highest BCUT2D eigenvalue weighted by atomic mass is 16.5. The van der Waals surface area contributed by atoms with Gasteiger partial charge in [-0.15, -0.1) is 0 Å². The Labute approximate surface area is 179 Å². The predicted molar refractivity (Wildman–Crippen MR) is 110 cm³/mol. The highest BCUT2D eigenvalue weighted by Gasteiger charge is 2.45. The zero-order chi connectivity index (χ0) is 22.0. The van der Waals surface area contributed by atoms with Crippen LogP contribution < -0.4 is 5.32 Å². The lowest BCUT2D eigenvalue weighted by atomic mass is 9.76. The monoisotopic (exact) mass is 427 g/mol. The largest absolute Gasteiger partial charge is 0.481 e. The van der Waals surface area contributed by atoms with Gasteiger partial charge in [0.2, 0.25) is 5.91 Å². The second kappa shape index (κ2) is 12.2. The number of ether oxygens (including phenoxy) is 3. The third-order valence-corrected chi connectivity index (χ3v) is 6.41. The van der Waals surface area contributed by atoms with Crippen LogP contribution in [0.25, 0.3) is 0 Å². The number of nitrogens with one attached hydrogen (secondary N) is 1. The Kier molecular flexibility index (Phi) is 10.0. The van der Waals surface area contributed by atoms with E-state index in [1.165, 1.54) is 0 Å². The number of methoxy groups -OCH3 is 1. The van der Waals surface area contributed by atoms with E-state index in [-0.39, 0.29) is 36.9 Å². The van der Waals surface area contributed by atoms with E-state index in [1.807, 2.05) is 0 Å². The molecule has 0 aromatic rings. The van der Waals surface area contributed by atoms with E-state index in [0.717, 1.165) is 32.1 Å². The van der Waals surface area contributed by atoms with Crippen LogP contribution in [0.3, 0.4) is 0 Å². The molecule has 0 radical (unpaired) electrons. The molecule has 2 saturated carbocycles. The number of hydrogen-bond acceptors (Lipinski definition) is 6. The van der Waals surface area contributed by atoms with Gasteiger partial charge in [-0.2, -0.15) is 0 Å². The molecular weight excluding hydrogens is 390 g/mol. The molecule has 1 amide bonds. The van der Waals surface area contributed by atoms with Crippen LogP contribution in [0.5, 0.6) is 0 Å². The number of carbonyl (C=O) groups excluding carboxylic acids is 2. The second-order valence-corrected chi connectivity index (χ2v) is 8.58. The highest BCUT2D eigenvalue weighted by Crippen LogP contribution is 2.44. The van der Waals surface area contributed by atoms with Crippen LogP contribution >= 0.6 is 0 Å². The first kappa shape index (κ1) is 24.6. The summed E-state index contributed by atoms with van der Waals surface area (Å²) in [4.78, 5) is 37.2. The van der Waals surface area contributed by atoms with Crippen molar-refractivity contribution in [2.45, 2.75) is 70.8 Å². The molecule has 0 aliphatic heterocycles. The van der Waals surface area contributed by atoms with Gasteiger partial charge in [0.25, 0.3) is 0 Å². The molecule has 172 valence electrons. The van der Waals surface area contributed by atoms with Gasteiger partial charge < -0.3 is 24.6 Å². The average molecular weight is 428 g/mol. The molecule has 2 aliphatic carbocycles. The second-order valence-electron chi connectivity index (χ2n) is 8.58. The van der Waals surface area contributed by atoms with Crippen LogP contribution in [0.1, 0.15) is 64.7 Å². The van der Waals surface area contributed by atoms with Crippen molar-refractivity contribution in [1.82, 2.24) is 5.32 Å². The van der Waals surface area contributed by atoms with Gasteiger partial charge in [0, 0.05) is 13.2 Å². The van der Waals surface area contributed by atoms with Crippen molar-refractivity contribution in [2.75, 3.05) is 33.5 Å².